The van der Waals surface area contributed by atoms with Crippen LogP contribution in [0.3, 0.4) is 0 Å². The summed E-state index contributed by atoms with van der Waals surface area (Å²) in [6.07, 6.45) is 19.2. The Balaban J connectivity index is -0.000000726. The van der Waals surface area contributed by atoms with Gasteiger partial charge in [-0.2, -0.15) is 0 Å². The van der Waals surface area contributed by atoms with Gasteiger partial charge in [-0.3, -0.25) is 14.0 Å². The third kappa shape index (κ3) is 32.4. The molecule has 12 heteroatoms. The molecule has 0 saturated carbocycles. The molecule has 0 amide bonds. The van der Waals surface area contributed by atoms with Crippen LogP contribution in [0.4, 0.5) is 0 Å². The number of nitrogens with zero attached hydrogens (tertiary/aromatic N) is 9. The molecule has 0 spiro atoms. The van der Waals surface area contributed by atoms with Crippen molar-refractivity contribution in [1.82, 2.24) is 29.4 Å². The smallest absolute Gasteiger partial charge is 0.186 e. The SMILES string of the molecule is CCCCCCCCCCC[Si](C)(C)N=C(N(C)C)N(C)C.CCCCC[Si](C)(C)N=C(N(C)C)N(C)C.CCCC[Si](C)(C)N=C(N(C)C)N(C)C. The van der Waals surface area contributed by atoms with Crippen molar-refractivity contribution in [3.05, 3.63) is 0 Å². The first-order valence-electron chi connectivity index (χ1n) is 21.2. The van der Waals surface area contributed by atoms with Gasteiger partial charge in [0.1, 0.15) is 0 Å². The Morgan fingerprint density at radius 1 is 0.302 bits per heavy atom. The molecule has 0 aliphatic rings. The standard InChI is InChI=1S/C18H41N3Si.C12H29N3Si.C11H27N3Si/c1-8-9-10-11-12-13-14-15-16-17-22(6,7)19-18(20(2)3)21(4)5;1-8-9-10-11-16(6,7)13-12(14(2)3)15(4)5;1-8-9-10-15(6,7)12-11(13(2)3)14(4)5/h8-17H2,1-7H3;8-11H2,1-7H3;8-10H2,1-7H3. The van der Waals surface area contributed by atoms with E-state index in [1.807, 2.05) is 0 Å². The van der Waals surface area contributed by atoms with Crippen LogP contribution in [0.1, 0.15) is 111 Å². The highest BCUT2D eigenvalue weighted by Crippen LogP contribution is 2.20. The summed E-state index contributed by atoms with van der Waals surface area (Å²) in [5.41, 5.74) is 0. The number of unbranched alkanes of at least 4 members (excludes halogenated alkanes) is 11. The maximum absolute atomic E-state index is 5.08. The molecule has 0 atom stereocenters. The van der Waals surface area contributed by atoms with Gasteiger partial charge in [0.25, 0.3) is 0 Å². The number of guanidine groups is 3. The van der Waals surface area contributed by atoms with E-state index in [0.717, 1.165) is 17.9 Å². The van der Waals surface area contributed by atoms with Gasteiger partial charge in [-0.25, -0.2) is 0 Å². The Hall–Kier alpha value is -1.54. The van der Waals surface area contributed by atoms with E-state index in [-0.39, 0.29) is 0 Å². The molecule has 0 bridgehead atoms. The van der Waals surface area contributed by atoms with E-state index >= 15 is 0 Å². The summed E-state index contributed by atoms with van der Waals surface area (Å²) in [6, 6.07) is 3.90. The lowest BCUT2D eigenvalue weighted by atomic mass is 10.1. The van der Waals surface area contributed by atoms with Gasteiger partial charge < -0.3 is 29.4 Å². The molecule has 0 radical (unpaired) electrons. The van der Waals surface area contributed by atoms with Crippen molar-refractivity contribution < 1.29 is 0 Å². The van der Waals surface area contributed by atoms with E-state index in [9.17, 15) is 0 Å². The lowest BCUT2D eigenvalue weighted by Gasteiger charge is -2.27. The maximum atomic E-state index is 5.08. The minimum atomic E-state index is -1.47. The molecule has 0 heterocycles. The molecule has 318 valence electrons. The van der Waals surface area contributed by atoms with Gasteiger partial charge in [-0.05, 0) is 57.4 Å². The quantitative estimate of drug-likeness (QED) is 0.0529. The summed E-state index contributed by atoms with van der Waals surface area (Å²) in [5.74, 6) is 3.32. The van der Waals surface area contributed by atoms with E-state index in [0.29, 0.717) is 0 Å². The largest absolute Gasteiger partial charge is 0.350 e. The second-order valence-electron chi connectivity index (χ2n) is 18.2. The van der Waals surface area contributed by atoms with Crippen molar-refractivity contribution in [3.63, 3.8) is 0 Å². The second kappa shape index (κ2) is 30.7. The first-order valence-corrected chi connectivity index (χ1v) is 30.7. The maximum Gasteiger partial charge on any atom is 0.186 e. The summed E-state index contributed by atoms with van der Waals surface area (Å²) in [7, 11) is 20.5. The molecule has 0 aromatic carbocycles. The lowest BCUT2D eigenvalue weighted by molar-refractivity contribution is 0.485. The van der Waals surface area contributed by atoms with Gasteiger partial charge in [-0.1, -0.05) is 111 Å². The Labute approximate surface area is 337 Å². The Kier molecular flexibility index (Phi) is 32.3. The molecule has 0 aromatic heterocycles. The predicted molar refractivity (Wildman–Crippen MR) is 253 cm³/mol. The molecule has 9 nitrogen and oxygen atoms in total. The third-order valence-electron chi connectivity index (χ3n) is 9.03. The average Bonchev–Trinajstić information content (AvgIpc) is 3.03. The zero-order valence-corrected chi connectivity index (χ0v) is 43.0. The molecular formula is C41H97N9Si3. The van der Waals surface area contributed by atoms with Crippen LogP contribution in [0.2, 0.25) is 57.4 Å². The summed E-state index contributed by atoms with van der Waals surface area (Å²) < 4.78 is 15.0. The summed E-state index contributed by atoms with van der Waals surface area (Å²) in [6.45, 7) is 21.0. The predicted octanol–water partition coefficient (Wildman–Crippen LogP) is 10.5. The van der Waals surface area contributed by atoms with Crippen molar-refractivity contribution in [3.8, 4) is 0 Å². The van der Waals surface area contributed by atoms with Crippen molar-refractivity contribution in [2.45, 2.75) is 168 Å². The zero-order valence-electron chi connectivity index (χ0n) is 40.0. The van der Waals surface area contributed by atoms with E-state index < -0.39 is 24.7 Å². The molecule has 0 aliphatic carbocycles. The van der Waals surface area contributed by atoms with E-state index in [2.05, 4.69) is 174 Å². The molecule has 0 aliphatic heterocycles. The number of hydrogen-bond acceptors (Lipinski definition) is 3. The normalized spacial score (nSPS) is 11.3. The summed E-state index contributed by atoms with van der Waals surface area (Å²) >= 11 is 0. The highest BCUT2D eigenvalue weighted by atomic mass is 28.3. The average molecular weight is 801 g/mol. The van der Waals surface area contributed by atoms with Crippen LogP contribution in [0.15, 0.2) is 14.0 Å². The molecular weight excluding hydrogens is 703 g/mol. The lowest BCUT2D eigenvalue weighted by Crippen LogP contribution is -2.39. The highest BCUT2D eigenvalue weighted by Gasteiger charge is 2.24. The van der Waals surface area contributed by atoms with Crippen LogP contribution < -0.4 is 0 Å². The molecule has 0 aromatic rings. The van der Waals surface area contributed by atoms with Crippen LogP contribution in [0.25, 0.3) is 0 Å². The third-order valence-corrected chi connectivity index (χ3v) is 16.2. The van der Waals surface area contributed by atoms with Crippen LogP contribution in [0.5, 0.6) is 0 Å². The van der Waals surface area contributed by atoms with Gasteiger partial charge in [0.05, 0.1) is 0 Å². The first kappa shape index (κ1) is 55.8. The van der Waals surface area contributed by atoms with Crippen LogP contribution >= 0.6 is 0 Å². The minimum absolute atomic E-state index is 1.10. The molecule has 0 unspecified atom stereocenters. The van der Waals surface area contributed by atoms with Crippen molar-refractivity contribution in [2.24, 2.45) is 14.0 Å². The molecule has 0 rings (SSSR count). The van der Waals surface area contributed by atoms with Gasteiger partial charge in [0.15, 0.2) is 42.6 Å². The van der Waals surface area contributed by atoms with Crippen LogP contribution in [-0.4, -0.2) is 157 Å². The summed E-state index contributed by atoms with van der Waals surface area (Å²) in [5, 5.41) is 0. The molecule has 0 saturated heterocycles. The van der Waals surface area contributed by atoms with Crippen LogP contribution in [0, 0.1) is 0 Å². The monoisotopic (exact) mass is 800 g/mol. The van der Waals surface area contributed by atoms with Crippen LogP contribution in [-0.2, 0) is 0 Å². The zero-order chi connectivity index (χ0) is 41.8. The molecule has 0 fully saturated rings. The van der Waals surface area contributed by atoms with Gasteiger partial charge >= 0.3 is 0 Å². The molecule has 53 heavy (non-hydrogen) atoms. The Bertz CT molecular complexity index is 944. The topological polar surface area (TPSA) is 56.5 Å². The van der Waals surface area contributed by atoms with Gasteiger partial charge in [0, 0.05) is 84.6 Å². The fourth-order valence-electron chi connectivity index (χ4n) is 6.07. The fourth-order valence-corrected chi connectivity index (χ4v) is 12.7. The van der Waals surface area contributed by atoms with Gasteiger partial charge in [0.2, 0.25) is 0 Å². The highest BCUT2D eigenvalue weighted by molar-refractivity contribution is 6.77. The van der Waals surface area contributed by atoms with Crippen molar-refractivity contribution >= 4 is 42.6 Å². The Morgan fingerprint density at radius 3 is 0.736 bits per heavy atom. The fraction of sp³-hybridized carbons (Fsp3) is 0.927. The van der Waals surface area contributed by atoms with E-state index in [4.69, 9.17) is 14.0 Å². The first-order chi connectivity index (χ1) is 24.4. The number of hydrogen-bond donors (Lipinski definition) is 0. The van der Waals surface area contributed by atoms with E-state index in [1.54, 1.807) is 0 Å². The second-order valence-corrected chi connectivity index (χ2v) is 31.2. The number of rotatable bonds is 20. The minimum Gasteiger partial charge on any atom is -0.350 e. The van der Waals surface area contributed by atoms with Crippen molar-refractivity contribution in [1.29, 1.82) is 0 Å². The van der Waals surface area contributed by atoms with Crippen molar-refractivity contribution in [2.75, 3.05) is 84.6 Å². The Morgan fingerprint density at radius 2 is 0.491 bits per heavy atom. The van der Waals surface area contributed by atoms with E-state index in [1.165, 1.54) is 108 Å². The van der Waals surface area contributed by atoms with Gasteiger partial charge in [-0.15, -0.1) is 0 Å². The summed E-state index contributed by atoms with van der Waals surface area (Å²) in [4.78, 5) is 12.7. The molecule has 0 N–H and O–H groups in total.